The summed E-state index contributed by atoms with van der Waals surface area (Å²) in [5, 5.41) is 11.1. The van der Waals surface area contributed by atoms with Crippen LogP contribution in [0, 0.1) is 6.92 Å². The van der Waals surface area contributed by atoms with Gasteiger partial charge in [-0.1, -0.05) is 0 Å². The van der Waals surface area contributed by atoms with E-state index in [1.165, 1.54) is 11.3 Å². The number of aryl methyl sites for hydroxylation is 1. The highest BCUT2D eigenvalue weighted by molar-refractivity contribution is 7.09. The molecular formula is C16H20N4O2S. The molecule has 2 aromatic rings. The molecule has 3 amide bonds. The Kier molecular flexibility index (Phi) is 5.70. The summed E-state index contributed by atoms with van der Waals surface area (Å²) in [6.07, 6.45) is 0.251. The van der Waals surface area contributed by atoms with Gasteiger partial charge in [0.05, 0.1) is 17.1 Å². The number of anilines is 2. The highest BCUT2D eigenvalue weighted by Crippen LogP contribution is 2.14. The zero-order valence-electron chi connectivity index (χ0n) is 13.3. The topological polar surface area (TPSA) is 83.1 Å². The van der Waals surface area contributed by atoms with Gasteiger partial charge in [0.15, 0.2) is 0 Å². The van der Waals surface area contributed by atoms with Crippen molar-refractivity contribution in [1.29, 1.82) is 0 Å². The predicted molar refractivity (Wildman–Crippen MR) is 92.9 cm³/mol. The molecule has 122 valence electrons. The first-order valence-electron chi connectivity index (χ1n) is 7.31. The number of carbonyl (C=O) groups is 2. The van der Waals surface area contributed by atoms with Crippen LogP contribution >= 0.6 is 11.3 Å². The lowest BCUT2D eigenvalue weighted by Crippen LogP contribution is -2.34. The van der Waals surface area contributed by atoms with Crippen LogP contribution in [0.3, 0.4) is 0 Å². The largest absolute Gasteiger partial charge is 0.336 e. The van der Waals surface area contributed by atoms with Gasteiger partial charge in [0, 0.05) is 22.8 Å². The maximum atomic E-state index is 11.9. The molecule has 0 radical (unpaired) electrons. The Balaban J connectivity index is 1.87. The number of thiazole rings is 1. The Labute approximate surface area is 139 Å². The van der Waals surface area contributed by atoms with Crippen molar-refractivity contribution in [2.24, 2.45) is 0 Å². The first-order valence-corrected chi connectivity index (χ1v) is 8.19. The van der Waals surface area contributed by atoms with E-state index in [1.807, 2.05) is 26.2 Å². The van der Waals surface area contributed by atoms with Crippen molar-refractivity contribution in [2.75, 3.05) is 10.6 Å². The number of aromatic nitrogens is 1. The van der Waals surface area contributed by atoms with Crippen molar-refractivity contribution < 1.29 is 9.59 Å². The average molecular weight is 332 g/mol. The minimum absolute atomic E-state index is 0.0721. The van der Waals surface area contributed by atoms with Gasteiger partial charge in [-0.25, -0.2) is 9.78 Å². The van der Waals surface area contributed by atoms with Crippen LogP contribution in [-0.2, 0) is 11.2 Å². The zero-order valence-corrected chi connectivity index (χ0v) is 14.2. The summed E-state index contributed by atoms with van der Waals surface area (Å²) in [7, 11) is 0. The molecule has 6 nitrogen and oxygen atoms in total. The molecule has 23 heavy (non-hydrogen) atoms. The van der Waals surface area contributed by atoms with E-state index in [-0.39, 0.29) is 24.4 Å². The number of hydrogen-bond acceptors (Lipinski definition) is 4. The Bertz CT molecular complexity index is 680. The molecule has 0 saturated carbocycles. The Morgan fingerprint density at radius 1 is 1.13 bits per heavy atom. The van der Waals surface area contributed by atoms with Crippen LogP contribution in [0.25, 0.3) is 0 Å². The molecule has 0 fully saturated rings. The highest BCUT2D eigenvalue weighted by atomic mass is 32.1. The number of amides is 3. The van der Waals surface area contributed by atoms with E-state index in [1.54, 1.807) is 24.3 Å². The van der Waals surface area contributed by atoms with E-state index in [9.17, 15) is 9.59 Å². The van der Waals surface area contributed by atoms with E-state index in [0.29, 0.717) is 11.4 Å². The second kappa shape index (κ2) is 7.73. The van der Waals surface area contributed by atoms with Gasteiger partial charge >= 0.3 is 6.03 Å². The van der Waals surface area contributed by atoms with E-state index >= 15 is 0 Å². The number of carbonyl (C=O) groups excluding carboxylic acids is 2. The quantitative estimate of drug-likeness (QED) is 0.786. The molecule has 0 bridgehead atoms. The first-order chi connectivity index (χ1) is 10.9. The van der Waals surface area contributed by atoms with Crippen LogP contribution in [-0.4, -0.2) is 23.0 Å². The molecule has 0 unspecified atom stereocenters. The lowest BCUT2D eigenvalue weighted by Gasteiger charge is -2.10. The summed E-state index contributed by atoms with van der Waals surface area (Å²) in [4.78, 5) is 27.8. The molecule has 1 aromatic carbocycles. The third kappa shape index (κ3) is 5.71. The Morgan fingerprint density at radius 2 is 1.74 bits per heavy atom. The lowest BCUT2D eigenvalue weighted by molar-refractivity contribution is -0.115. The van der Waals surface area contributed by atoms with Crippen LogP contribution in [0.5, 0.6) is 0 Å². The van der Waals surface area contributed by atoms with Crippen molar-refractivity contribution in [1.82, 2.24) is 10.3 Å². The number of nitrogens with zero attached hydrogens (tertiary/aromatic N) is 1. The SMILES string of the molecule is Cc1nc(CC(=O)Nc2ccc(NC(=O)NC(C)C)cc2)cs1. The fourth-order valence-corrected chi connectivity index (χ4v) is 2.54. The summed E-state index contributed by atoms with van der Waals surface area (Å²) >= 11 is 1.53. The first kappa shape index (κ1) is 17.0. The summed E-state index contributed by atoms with van der Waals surface area (Å²) in [5.41, 5.74) is 2.11. The average Bonchev–Trinajstić information content (AvgIpc) is 2.85. The molecule has 3 N–H and O–H groups in total. The molecule has 0 aliphatic rings. The molecule has 0 atom stereocenters. The van der Waals surface area contributed by atoms with Crippen molar-refractivity contribution in [3.8, 4) is 0 Å². The normalized spacial score (nSPS) is 10.4. The third-order valence-corrected chi connectivity index (χ3v) is 3.68. The van der Waals surface area contributed by atoms with Gasteiger partial charge in [-0.15, -0.1) is 11.3 Å². The van der Waals surface area contributed by atoms with Crippen molar-refractivity contribution >= 4 is 34.6 Å². The predicted octanol–water partition coefficient (Wildman–Crippen LogP) is 3.16. The van der Waals surface area contributed by atoms with Gasteiger partial charge in [-0.2, -0.15) is 0 Å². The van der Waals surface area contributed by atoms with Gasteiger partial charge < -0.3 is 16.0 Å². The number of benzene rings is 1. The number of rotatable bonds is 5. The maximum Gasteiger partial charge on any atom is 0.319 e. The number of hydrogen-bond donors (Lipinski definition) is 3. The Morgan fingerprint density at radius 3 is 2.26 bits per heavy atom. The summed E-state index contributed by atoms with van der Waals surface area (Å²) in [5.74, 6) is -0.117. The monoisotopic (exact) mass is 332 g/mol. The number of nitrogens with one attached hydrogen (secondary N) is 3. The van der Waals surface area contributed by atoms with Crippen LogP contribution in [0.15, 0.2) is 29.6 Å². The standard InChI is InChI=1S/C16H20N4O2S/c1-10(2)17-16(22)20-13-6-4-12(5-7-13)19-15(21)8-14-9-23-11(3)18-14/h4-7,9-10H,8H2,1-3H3,(H,19,21)(H2,17,20,22). The molecule has 0 saturated heterocycles. The van der Waals surface area contributed by atoms with Crippen LogP contribution in [0.2, 0.25) is 0 Å². The maximum absolute atomic E-state index is 11.9. The zero-order chi connectivity index (χ0) is 16.8. The second-order valence-corrected chi connectivity index (χ2v) is 6.48. The van der Waals surface area contributed by atoms with E-state index < -0.39 is 0 Å². The fraction of sp³-hybridized carbons (Fsp3) is 0.312. The van der Waals surface area contributed by atoms with Crippen LogP contribution < -0.4 is 16.0 Å². The van der Waals surface area contributed by atoms with E-state index in [0.717, 1.165) is 10.7 Å². The van der Waals surface area contributed by atoms with Gasteiger partial charge in [-0.05, 0) is 45.0 Å². The molecule has 7 heteroatoms. The molecule has 0 spiro atoms. The number of urea groups is 1. The summed E-state index contributed by atoms with van der Waals surface area (Å²) in [6.45, 7) is 5.69. The molecule has 1 heterocycles. The van der Waals surface area contributed by atoms with Crippen LogP contribution in [0.4, 0.5) is 16.2 Å². The van der Waals surface area contributed by atoms with Gasteiger partial charge in [0.25, 0.3) is 0 Å². The van der Waals surface area contributed by atoms with Crippen molar-refractivity contribution in [3.05, 3.63) is 40.3 Å². The van der Waals surface area contributed by atoms with Crippen molar-refractivity contribution in [2.45, 2.75) is 33.2 Å². The highest BCUT2D eigenvalue weighted by Gasteiger charge is 2.07. The third-order valence-electron chi connectivity index (χ3n) is 2.85. The molecule has 2 rings (SSSR count). The summed E-state index contributed by atoms with van der Waals surface area (Å²) in [6, 6.07) is 6.79. The van der Waals surface area contributed by atoms with Gasteiger partial charge in [-0.3, -0.25) is 4.79 Å². The molecule has 0 aliphatic carbocycles. The van der Waals surface area contributed by atoms with E-state index in [4.69, 9.17) is 0 Å². The van der Waals surface area contributed by atoms with Gasteiger partial charge in [0.2, 0.25) is 5.91 Å². The minimum atomic E-state index is -0.254. The smallest absolute Gasteiger partial charge is 0.319 e. The molecule has 1 aromatic heterocycles. The van der Waals surface area contributed by atoms with E-state index in [2.05, 4.69) is 20.9 Å². The minimum Gasteiger partial charge on any atom is -0.336 e. The van der Waals surface area contributed by atoms with Gasteiger partial charge in [0.1, 0.15) is 0 Å². The van der Waals surface area contributed by atoms with Crippen LogP contribution in [0.1, 0.15) is 24.5 Å². The van der Waals surface area contributed by atoms with Crippen molar-refractivity contribution in [3.63, 3.8) is 0 Å². The fourth-order valence-electron chi connectivity index (χ4n) is 1.93. The summed E-state index contributed by atoms with van der Waals surface area (Å²) < 4.78 is 0. The molecule has 0 aliphatic heterocycles. The molecular weight excluding hydrogens is 312 g/mol. The Hall–Kier alpha value is -2.41. The lowest BCUT2D eigenvalue weighted by atomic mass is 10.2. The second-order valence-electron chi connectivity index (χ2n) is 5.41.